The maximum absolute atomic E-state index is 9.83. The Morgan fingerprint density at radius 1 is 0.367 bits per heavy atom. The fourth-order valence-corrected chi connectivity index (χ4v) is 10.4. The Kier molecular flexibility index (Phi) is 7.02. The minimum Gasteiger partial charge on any atom is -0.464 e. The number of nitrogens with zero attached hydrogens (tertiary/aromatic N) is 1. The summed E-state index contributed by atoms with van der Waals surface area (Å²) in [5, 5.41) is 0.490. The molecule has 60 heavy (non-hydrogen) atoms. The molecule has 0 fully saturated rings. The molecule has 0 saturated heterocycles. The number of hydrogen-bond acceptors (Lipinski definition) is 2. The molecule has 0 atom stereocenters. The first kappa shape index (κ1) is 31.3. The van der Waals surface area contributed by atoms with Crippen LogP contribution in [-0.4, -0.2) is 0 Å². The highest BCUT2D eigenvalue weighted by molar-refractivity contribution is 5.93. The predicted octanol–water partition coefficient (Wildman–Crippen LogP) is 14.6. The molecule has 282 valence electrons. The van der Waals surface area contributed by atoms with Crippen molar-refractivity contribution in [3.8, 4) is 22.3 Å². The lowest BCUT2D eigenvalue weighted by molar-refractivity contribution is 0.616. The van der Waals surface area contributed by atoms with Gasteiger partial charge in [0.2, 0.25) is 0 Å². The van der Waals surface area contributed by atoms with Crippen LogP contribution in [0.5, 0.6) is 0 Å². The van der Waals surface area contributed by atoms with Crippen molar-refractivity contribution in [1.29, 1.82) is 0 Å². The Morgan fingerprint density at radius 2 is 0.767 bits per heavy atom. The van der Waals surface area contributed by atoms with E-state index >= 15 is 0 Å². The molecule has 0 amide bonds. The van der Waals surface area contributed by atoms with Crippen molar-refractivity contribution in [1.82, 2.24) is 0 Å². The third kappa shape index (κ3) is 4.82. The van der Waals surface area contributed by atoms with Crippen molar-refractivity contribution < 1.29 is 8.53 Å². The maximum Gasteiger partial charge on any atom is 0.133 e. The van der Waals surface area contributed by atoms with Crippen molar-refractivity contribution in [2.45, 2.75) is 10.8 Å². The molecule has 0 saturated carbocycles. The summed E-state index contributed by atoms with van der Waals surface area (Å²) in [7, 11) is 0. The van der Waals surface area contributed by atoms with E-state index in [-0.39, 0.29) is 23.7 Å². The quantitative estimate of drug-likeness (QED) is 0.161. The van der Waals surface area contributed by atoms with E-state index in [0.717, 1.165) is 55.9 Å². The van der Waals surface area contributed by atoms with E-state index in [1.54, 1.807) is 6.07 Å². The van der Waals surface area contributed by atoms with Gasteiger partial charge in [0.05, 0.1) is 21.2 Å². The molecular weight excluding hydrogens is 727 g/mol. The summed E-state index contributed by atoms with van der Waals surface area (Å²) in [6.45, 7) is 0. The van der Waals surface area contributed by atoms with E-state index in [1.807, 2.05) is 4.90 Å². The van der Waals surface area contributed by atoms with Crippen molar-refractivity contribution in [2.24, 2.45) is 0 Å². The number of furan rings is 1. The van der Waals surface area contributed by atoms with Gasteiger partial charge in [0.15, 0.2) is 0 Å². The minimum atomic E-state index is -0.672. The van der Waals surface area contributed by atoms with Crippen molar-refractivity contribution in [2.75, 3.05) is 4.90 Å². The predicted molar refractivity (Wildman–Crippen MR) is 246 cm³/mol. The van der Waals surface area contributed by atoms with Crippen LogP contribution in [0.15, 0.2) is 241 Å². The van der Waals surface area contributed by atoms with E-state index in [9.17, 15) is 4.11 Å². The van der Waals surface area contributed by atoms with E-state index < -0.39 is 10.8 Å². The molecule has 2 aliphatic carbocycles. The lowest BCUT2D eigenvalue weighted by atomic mass is 9.67. The van der Waals surface area contributed by atoms with Crippen LogP contribution in [0.25, 0.3) is 33.2 Å². The fraction of sp³-hybridized carbons (Fsp3) is 0.0345. The third-order valence-electron chi connectivity index (χ3n) is 12.8. The fourth-order valence-electron chi connectivity index (χ4n) is 10.4. The smallest absolute Gasteiger partial charge is 0.133 e. The topological polar surface area (TPSA) is 16.4 Å². The molecule has 2 aliphatic rings. The summed E-state index contributed by atoms with van der Waals surface area (Å²) in [6.07, 6.45) is 1.51. The van der Waals surface area contributed by atoms with Crippen molar-refractivity contribution in [3.05, 3.63) is 281 Å². The van der Waals surface area contributed by atoms with Crippen LogP contribution in [0.3, 0.4) is 0 Å². The van der Waals surface area contributed by atoms with Gasteiger partial charge < -0.3 is 9.32 Å². The van der Waals surface area contributed by atoms with Gasteiger partial charge in [-0.25, -0.2) is 0 Å². The summed E-state index contributed by atoms with van der Waals surface area (Å²) in [6, 6.07) is 75.2. The standard InChI is InChI=1S/C58H39NO/c1-5-17-41(18-6-1)57(42-19-7-2-8-20-42)52-27-15-13-25-48(52)50-32-29-46(38-54(50)57)59(45-31-34-56-40(37-45)35-36-60-56)47-30-33-51-49-26-14-16-28-53(49)58(55(51)39-47,43-21-9-3-10-22-43)44-23-11-4-12-24-44/h1-39H/i31D,34D,37D. The summed E-state index contributed by atoms with van der Waals surface area (Å²) < 4.78 is 34.5. The van der Waals surface area contributed by atoms with Gasteiger partial charge in [-0.2, -0.15) is 0 Å². The van der Waals surface area contributed by atoms with E-state index in [2.05, 4.69) is 206 Å². The largest absolute Gasteiger partial charge is 0.464 e. The molecule has 0 unspecified atom stereocenters. The second-order valence-electron chi connectivity index (χ2n) is 15.7. The van der Waals surface area contributed by atoms with Crippen LogP contribution in [0.1, 0.15) is 48.6 Å². The normalized spacial score (nSPS) is 14.6. The van der Waals surface area contributed by atoms with Crippen LogP contribution in [-0.2, 0) is 10.8 Å². The van der Waals surface area contributed by atoms with Crippen molar-refractivity contribution >= 4 is 28.0 Å². The van der Waals surface area contributed by atoms with Gasteiger partial charge in [-0.1, -0.05) is 182 Å². The van der Waals surface area contributed by atoms with Gasteiger partial charge in [-0.3, -0.25) is 0 Å². The molecule has 0 N–H and O–H groups in total. The third-order valence-corrected chi connectivity index (χ3v) is 12.8. The Hall–Kier alpha value is -7.68. The molecule has 0 bridgehead atoms. The van der Waals surface area contributed by atoms with Crippen LogP contribution in [0, 0.1) is 0 Å². The van der Waals surface area contributed by atoms with Crippen LogP contribution in [0.4, 0.5) is 17.1 Å². The number of benzene rings is 9. The molecule has 1 aromatic heterocycles. The molecule has 0 radical (unpaired) electrons. The number of fused-ring (bicyclic) bond motifs is 7. The zero-order valence-electron chi connectivity index (χ0n) is 35.6. The first-order chi connectivity index (χ1) is 31.0. The van der Waals surface area contributed by atoms with Crippen LogP contribution < -0.4 is 4.90 Å². The van der Waals surface area contributed by atoms with Gasteiger partial charge in [0, 0.05) is 22.4 Å². The van der Waals surface area contributed by atoms with E-state index in [0.29, 0.717) is 11.1 Å². The second kappa shape index (κ2) is 13.4. The Bertz CT molecular complexity index is 3120. The lowest BCUT2D eigenvalue weighted by Gasteiger charge is -2.36. The second-order valence-corrected chi connectivity index (χ2v) is 15.7. The van der Waals surface area contributed by atoms with Gasteiger partial charge in [0.25, 0.3) is 0 Å². The molecule has 2 heteroatoms. The minimum absolute atomic E-state index is 0.0565. The molecular formula is C58H39NO. The van der Waals surface area contributed by atoms with Gasteiger partial charge in [-0.05, 0) is 115 Å². The molecule has 1 heterocycles. The highest BCUT2D eigenvalue weighted by Gasteiger charge is 2.48. The molecule has 0 aliphatic heterocycles. The Labute approximate surface area is 354 Å². The zero-order chi connectivity index (χ0) is 42.3. The number of rotatable bonds is 7. The first-order valence-electron chi connectivity index (χ1n) is 22.0. The Morgan fingerprint density at radius 3 is 1.22 bits per heavy atom. The van der Waals surface area contributed by atoms with Gasteiger partial charge in [-0.15, -0.1) is 0 Å². The van der Waals surface area contributed by atoms with Crippen LogP contribution >= 0.6 is 0 Å². The SMILES string of the molecule is [2H]c1c(N(c2ccc3c(c2)C(c2ccccc2)(c2ccccc2)c2ccccc2-3)c2ccc3c(c2)C(c2ccccc2)(c2ccccc2)c2ccccc2-3)c([2H])c2ccoc2c1[2H]. The molecule has 10 aromatic rings. The number of hydrogen-bond donors (Lipinski definition) is 0. The van der Waals surface area contributed by atoms with Crippen LogP contribution in [0.2, 0.25) is 0 Å². The summed E-state index contributed by atoms with van der Waals surface area (Å²) in [4.78, 5) is 2.04. The molecule has 2 nitrogen and oxygen atoms in total. The van der Waals surface area contributed by atoms with E-state index in [1.165, 1.54) is 28.5 Å². The highest BCUT2D eigenvalue weighted by atomic mass is 16.3. The molecule has 12 rings (SSSR count). The average Bonchev–Trinajstić information content (AvgIpc) is 4.04. The van der Waals surface area contributed by atoms with Gasteiger partial charge in [0.1, 0.15) is 5.58 Å². The highest BCUT2D eigenvalue weighted by Crippen LogP contribution is 2.59. The summed E-state index contributed by atoms with van der Waals surface area (Å²) in [5.74, 6) is 0. The van der Waals surface area contributed by atoms with Crippen molar-refractivity contribution in [3.63, 3.8) is 0 Å². The summed E-state index contributed by atoms with van der Waals surface area (Å²) >= 11 is 0. The Balaban J connectivity index is 1.18. The lowest BCUT2D eigenvalue weighted by Crippen LogP contribution is -2.29. The molecule has 9 aromatic carbocycles. The van der Waals surface area contributed by atoms with E-state index in [4.69, 9.17) is 4.42 Å². The monoisotopic (exact) mass is 768 g/mol. The van der Waals surface area contributed by atoms with Gasteiger partial charge >= 0.3 is 0 Å². The molecule has 0 spiro atoms. The zero-order valence-corrected chi connectivity index (χ0v) is 32.6. The maximum atomic E-state index is 9.83. The summed E-state index contributed by atoms with van der Waals surface area (Å²) in [5.41, 5.74) is 14.5. The first-order valence-corrected chi connectivity index (χ1v) is 20.5. The average molecular weight is 769 g/mol. The number of anilines is 3.